The number of alkyl halides is 2. The summed E-state index contributed by atoms with van der Waals surface area (Å²) in [4.78, 5) is 9.70. The third kappa shape index (κ3) is 4.74. The second kappa shape index (κ2) is 7.15. The number of halogens is 2. The van der Waals surface area contributed by atoms with Crippen molar-refractivity contribution in [3.63, 3.8) is 0 Å². The van der Waals surface area contributed by atoms with Gasteiger partial charge < -0.3 is 15.2 Å². The Balaban J connectivity index is 2.49. The minimum absolute atomic E-state index is 0.142. The second-order valence-corrected chi connectivity index (χ2v) is 5.62. The summed E-state index contributed by atoms with van der Waals surface area (Å²) in [6.07, 6.45) is 0. The molecule has 0 spiro atoms. The number of carbonyl (C=O) groups is 1. The molecule has 0 fully saturated rings. The highest BCUT2D eigenvalue weighted by molar-refractivity contribution is 7.91. The average Bonchev–Trinajstić information content (AvgIpc) is 2.38. The zero-order valence-electron chi connectivity index (χ0n) is 10.3. The van der Waals surface area contributed by atoms with Crippen molar-refractivity contribution in [1.82, 2.24) is 0 Å². The van der Waals surface area contributed by atoms with Gasteiger partial charge in [0.05, 0.1) is 11.5 Å². The lowest BCUT2D eigenvalue weighted by atomic mass is 10.3. The Morgan fingerprint density at radius 2 is 1.90 bits per heavy atom. The molecule has 0 aliphatic carbocycles. The summed E-state index contributed by atoms with van der Waals surface area (Å²) >= 11 is 0. The number of sulfone groups is 1. The number of aliphatic carboxylic acids is 1. The van der Waals surface area contributed by atoms with E-state index in [9.17, 15) is 22.0 Å². The van der Waals surface area contributed by atoms with Gasteiger partial charge in [0, 0.05) is 12.2 Å². The van der Waals surface area contributed by atoms with Gasteiger partial charge in [-0.25, -0.2) is 13.2 Å². The van der Waals surface area contributed by atoms with Crippen LogP contribution in [0.25, 0.3) is 0 Å². The Labute approximate surface area is 114 Å². The fourth-order valence-corrected chi connectivity index (χ4v) is 2.01. The van der Waals surface area contributed by atoms with E-state index in [0.29, 0.717) is 12.2 Å². The number of anilines is 1. The molecule has 112 valence electrons. The predicted octanol–water partition coefficient (Wildman–Crippen LogP) is 1.20. The van der Waals surface area contributed by atoms with Gasteiger partial charge in [-0.2, -0.15) is 8.78 Å². The molecule has 0 aromatic heterocycles. The minimum atomic E-state index is -4.58. The third-order valence-electron chi connectivity index (χ3n) is 2.22. The topological polar surface area (TPSA) is 92.7 Å². The van der Waals surface area contributed by atoms with Crippen LogP contribution in [0.2, 0.25) is 0 Å². The van der Waals surface area contributed by atoms with Crippen molar-refractivity contribution in [3.8, 4) is 0 Å². The number of hydrogen-bond acceptors (Lipinski definition) is 5. The van der Waals surface area contributed by atoms with E-state index in [-0.39, 0.29) is 6.61 Å². The molecule has 2 N–H and O–H groups in total. The monoisotopic (exact) mass is 309 g/mol. The highest BCUT2D eigenvalue weighted by Gasteiger charge is 2.26. The fraction of sp³-hybridized carbons (Fsp3) is 0.364. The summed E-state index contributed by atoms with van der Waals surface area (Å²) < 4.78 is 51.7. The molecule has 6 nitrogen and oxygen atoms in total. The van der Waals surface area contributed by atoms with Crippen LogP contribution >= 0.6 is 0 Å². The first kappa shape index (κ1) is 16.3. The predicted molar refractivity (Wildman–Crippen MR) is 66.6 cm³/mol. The molecule has 0 aliphatic heterocycles. The Bertz CT molecular complexity index is 544. The smallest absolute Gasteiger partial charge is 0.341 e. The van der Waals surface area contributed by atoms with Crippen LogP contribution in [0.3, 0.4) is 0 Å². The van der Waals surface area contributed by atoms with Crippen LogP contribution < -0.4 is 5.32 Å². The lowest BCUT2D eigenvalue weighted by Gasteiger charge is -2.08. The average molecular weight is 309 g/mol. The van der Waals surface area contributed by atoms with Crippen molar-refractivity contribution < 1.29 is 31.8 Å². The number of carboxylic acid groups (broad SMARTS) is 1. The number of nitrogens with one attached hydrogen (secondary N) is 1. The third-order valence-corrected chi connectivity index (χ3v) is 3.62. The molecule has 0 saturated heterocycles. The molecule has 1 aromatic rings. The molecule has 0 heterocycles. The van der Waals surface area contributed by atoms with Crippen LogP contribution in [0.4, 0.5) is 14.5 Å². The minimum Gasteiger partial charge on any atom is -0.480 e. The summed E-state index contributed by atoms with van der Waals surface area (Å²) in [5.74, 6) is -4.53. The molecule has 1 aromatic carbocycles. The summed E-state index contributed by atoms with van der Waals surface area (Å²) in [5.41, 5.74) is 0.511. The van der Waals surface area contributed by atoms with Gasteiger partial charge in [-0.1, -0.05) is 0 Å². The lowest BCUT2D eigenvalue weighted by molar-refractivity contribution is -0.142. The molecule has 1 rings (SSSR count). The fourth-order valence-electron chi connectivity index (χ4n) is 1.29. The maximum atomic E-state index is 12.3. The first-order valence-electron chi connectivity index (χ1n) is 5.49. The van der Waals surface area contributed by atoms with Crippen molar-refractivity contribution in [3.05, 3.63) is 24.3 Å². The Morgan fingerprint density at radius 1 is 1.30 bits per heavy atom. The van der Waals surface area contributed by atoms with E-state index in [4.69, 9.17) is 9.84 Å². The molecule has 20 heavy (non-hydrogen) atoms. The number of ether oxygens (including phenoxy) is 1. The Hall–Kier alpha value is -1.74. The second-order valence-electron chi connectivity index (χ2n) is 3.70. The van der Waals surface area contributed by atoms with Crippen LogP contribution in [-0.4, -0.2) is 45.0 Å². The maximum Gasteiger partial charge on any atom is 0.341 e. The van der Waals surface area contributed by atoms with Crippen molar-refractivity contribution >= 4 is 21.5 Å². The SMILES string of the molecule is O=C(O)COCCNc1ccc(S(=O)(=O)C(F)F)cc1. The Morgan fingerprint density at radius 3 is 2.40 bits per heavy atom. The molecule has 0 atom stereocenters. The molecule has 0 unspecified atom stereocenters. The molecule has 0 aliphatic rings. The number of rotatable bonds is 8. The van der Waals surface area contributed by atoms with E-state index in [0.717, 1.165) is 12.1 Å². The van der Waals surface area contributed by atoms with Gasteiger partial charge >= 0.3 is 11.7 Å². The van der Waals surface area contributed by atoms with Gasteiger partial charge in [-0.05, 0) is 24.3 Å². The zero-order chi connectivity index (χ0) is 15.2. The van der Waals surface area contributed by atoms with E-state index in [1.807, 2.05) is 0 Å². The van der Waals surface area contributed by atoms with E-state index in [1.165, 1.54) is 12.1 Å². The summed E-state index contributed by atoms with van der Waals surface area (Å²) in [6.45, 7) is 0.0326. The first-order chi connectivity index (χ1) is 9.34. The largest absolute Gasteiger partial charge is 0.480 e. The molecular weight excluding hydrogens is 296 g/mol. The van der Waals surface area contributed by atoms with Crippen molar-refractivity contribution in [1.29, 1.82) is 0 Å². The highest BCUT2D eigenvalue weighted by Crippen LogP contribution is 2.20. The molecule has 0 bridgehead atoms. The zero-order valence-corrected chi connectivity index (χ0v) is 11.1. The number of carboxylic acids is 1. The number of benzene rings is 1. The van der Waals surface area contributed by atoms with Crippen LogP contribution in [0.5, 0.6) is 0 Å². The summed E-state index contributed by atoms with van der Waals surface area (Å²) in [5, 5.41) is 11.1. The number of hydrogen-bond donors (Lipinski definition) is 2. The summed E-state index contributed by atoms with van der Waals surface area (Å²) in [7, 11) is -4.58. The van der Waals surface area contributed by atoms with Crippen molar-refractivity contribution in [2.45, 2.75) is 10.7 Å². The van der Waals surface area contributed by atoms with Crippen LogP contribution in [0.1, 0.15) is 0 Å². The summed E-state index contributed by atoms with van der Waals surface area (Å²) in [6, 6.07) is 4.82. The first-order valence-corrected chi connectivity index (χ1v) is 7.04. The van der Waals surface area contributed by atoms with Gasteiger partial charge in [0.25, 0.3) is 0 Å². The lowest BCUT2D eigenvalue weighted by Crippen LogP contribution is -2.14. The van der Waals surface area contributed by atoms with Crippen LogP contribution in [-0.2, 0) is 19.4 Å². The maximum absolute atomic E-state index is 12.3. The van der Waals surface area contributed by atoms with Gasteiger partial charge in [0.15, 0.2) is 0 Å². The van der Waals surface area contributed by atoms with E-state index in [1.54, 1.807) is 0 Å². The van der Waals surface area contributed by atoms with Crippen LogP contribution in [0, 0.1) is 0 Å². The molecule has 9 heteroatoms. The van der Waals surface area contributed by atoms with E-state index < -0.39 is 33.1 Å². The van der Waals surface area contributed by atoms with Gasteiger partial charge in [0.2, 0.25) is 9.84 Å². The standard InChI is InChI=1S/C11H13F2NO5S/c12-11(13)20(17,18)9-3-1-8(2-4-9)14-5-6-19-7-10(15)16/h1-4,11,14H,5-7H2,(H,15,16). The quantitative estimate of drug-likeness (QED) is 0.701. The van der Waals surface area contributed by atoms with Gasteiger partial charge in [-0.3, -0.25) is 0 Å². The molecule has 0 radical (unpaired) electrons. The highest BCUT2D eigenvalue weighted by atomic mass is 32.2. The normalized spacial score (nSPS) is 11.6. The van der Waals surface area contributed by atoms with E-state index in [2.05, 4.69) is 5.32 Å². The molecule has 0 saturated carbocycles. The van der Waals surface area contributed by atoms with Crippen molar-refractivity contribution in [2.24, 2.45) is 0 Å². The van der Waals surface area contributed by atoms with Crippen LogP contribution in [0.15, 0.2) is 29.2 Å². The Kier molecular flexibility index (Phi) is 5.83. The van der Waals surface area contributed by atoms with Crippen molar-refractivity contribution in [2.75, 3.05) is 25.1 Å². The molecule has 0 amide bonds. The van der Waals surface area contributed by atoms with Gasteiger partial charge in [-0.15, -0.1) is 0 Å². The molecular formula is C11H13F2NO5S. The van der Waals surface area contributed by atoms with E-state index >= 15 is 0 Å². The van der Waals surface area contributed by atoms with Gasteiger partial charge in [0.1, 0.15) is 6.61 Å².